The van der Waals surface area contributed by atoms with Crippen molar-refractivity contribution in [2.24, 2.45) is 0 Å². The number of aromatic nitrogens is 2. The molecule has 10 heteroatoms. The lowest BCUT2D eigenvalue weighted by Crippen LogP contribution is -2.39. The molecular formula is C25H28ClFN4O4. The Bertz CT molecular complexity index is 1200. The highest BCUT2D eigenvalue weighted by Crippen LogP contribution is 2.38. The third-order valence-corrected chi connectivity index (χ3v) is 7.16. The number of ether oxygens (including phenoxy) is 2. The maximum atomic E-state index is 14.5. The van der Waals surface area contributed by atoms with Gasteiger partial charge in [-0.1, -0.05) is 17.7 Å². The van der Waals surface area contributed by atoms with Crippen molar-refractivity contribution in [3.8, 4) is 11.5 Å². The minimum Gasteiger partial charge on any atom is -0.493 e. The van der Waals surface area contributed by atoms with Crippen LogP contribution in [0.5, 0.6) is 11.5 Å². The molecule has 35 heavy (non-hydrogen) atoms. The molecule has 2 aromatic carbocycles. The summed E-state index contributed by atoms with van der Waals surface area (Å²) in [4.78, 5) is 10.8. The molecule has 8 nitrogen and oxygen atoms in total. The van der Waals surface area contributed by atoms with E-state index in [4.69, 9.17) is 21.1 Å². The van der Waals surface area contributed by atoms with Crippen molar-refractivity contribution in [3.05, 3.63) is 47.5 Å². The highest BCUT2D eigenvalue weighted by molar-refractivity contribution is 6.31. The molecule has 1 saturated carbocycles. The monoisotopic (exact) mass is 502 g/mol. The lowest BCUT2D eigenvalue weighted by atomic mass is 9.92. The van der Waals surface area contributed by atoms with Gasteiger partial charge in [-0.25, -0.2) is 14.4 Å². The van der Waals surface area contributed by atoms with Gasteiger partial charge in [-0.05, 0) is 43.9 Å². The van der Waals surface area contributed by atoms with E-state index < -0.39 is 18.0 Å². The smallest absolute Gasteiger partial charge is 0.165 e. The van der Waals surface area contributed by atoms with Crippen molar-refractivity contribution < 1.29 is 24.1 Å². The zero-order chi connectivity index (χ0) is 24.5. The van der Waals surface area contributed by atoms with E-state index >= 15 is 0 Å². The van der Waals surface area contributed by atoms with Crippen molar-refractivity contribution in [3.63, 3.8) is 0 Å². The molecule has 0 spiro atoms. The largest absolute Gasteiger partial charge is 0.493 e. The Morgan fingerprint density at radius 1 is 1.06 bits per heavy atom. The molecule has 1 aliphatic heterocycles. The predicted octanol–water partition coefficient (Wildman–Crippen LogP) is 3.90. The topological polar surface area (TPSA) is 100.0 Å². The summed E-state index contributed by atoms with van der Waals surface area (Å²) >= 11 is 5.93. The number of anilines is 2. The Kier molecular flexibility index (Phi) is 6.93. The van der Waals surface area contributed by atoms with Gasteiger partial charge in [0.05, 0.1) is 41.6 Å². The average molecular weight is 503 g/mol. The van der Waals surface area contributed by atoms with Gasteiger partial charge < -0.3 is 25.0 Å². The van der Waals surface area contributed by atoms with Crippen LogP contribution in [0, 0.1) is 5.82 Å². The fourth-order valence-corrected chi connectivity index (χ4v) is 5.12. The van der Waals surface area contributed by atoms with Crippen LogP contribution in [0.1, 0.15) is 25.7 Å². The quantitative estimate of drug-likeness (QED) is 0.466. The fourth-order valence-electron chi connectivity index (χ4n) is 4.95. The van der Waals surface area contributed by atoms with Gasteiger partial charge in [0.1, 0.15) is 12.1 Å². The Balaban J connectivity index is 1.34. The molecule has 2 fully saturated rings. The molecule has 0 amide bonds. The molecular weight excluding hydrogens is 475 g/mol. The van der Waals surface area contributed by atoms with Gasteiger partial charge >= 0.3 is 0 Å². The molecule has 2 aliphatic rings. The van der Waals surface area contributed by atoms with Gasteiger partial charge in [-0.3, -0.25) is 4.90 Å². The summed E-state index contributed by atoms with van der Waals surface area (Å²) in [5.41, 5.74) is 0.843. The number of β-amino-alcohol motifs (C(OH)–C–C–N with tert-alkyl or cyclic N) is 2. The van der Waals surface area contributed by atoms with E-state index in [-0.39, 0.29) is 16.8 Å². The van der Waals surface area contributed by atoms with E-state index in [1.54, 1.807) is 25.3 Å². The highest BCUT2D eigenvalue weighted by atomic mass is 35.5. The molecule has 3 aromatic rings. The molecule has 3 N–H and O–H groups in total. The van der Waals surface area contributed by atoms with Crippen LogP contribution >= 0.6 is 11.6 Å². The minimum atomic E-state index is -0.670. The summed E-state index contributed by atoms with van der Waals surface area (Å²) < 4.78 is 26.4. The van der Waals surface area contributed by atoms with E-state index in [1.807, 2.05) is 6.07 Å². The third-order valence-electron chi connectivity index (χ3n) is 6.87. The third kappa shape index (κ3) is 4.99. The van der Waals surface area contributed by atoms with Gasteiger partial charge in [0.2, 0.25) is 0 Å². The first-order chi connectivity index (χ1) is 16.9. The number of rotatable bonds is 6. The number of hydrogen-bond donors (Lipinski definition) is 3. The second-order valence-electron chi connectivity index (χ2n) is 9.11. The zero-order valence-electron chi connectivity index (χ0n) is 19.3. The van der Waals surface area contributed by atoms with Crippen molar-refractivity contribution >= 4 is 34.0 Å². The number of methoxy groups -OCH3 is 1. The molecule has 0 radical (unpaired) electrons. The number of hydrogen-bond acceptors (Lipinski definition) is 8. The summed E-state index contributed by atoms with van der Waals surface area (Å²) in [5.74, 6) is 1.00. The maximum Gasteiger partial charge on any atom is 0.165 e. The lowest BCUT2D eigenvalue weighted by Gasteiger charge is -2.34. The standard InChI is InChI=1S/C25H28ClFN4O4/c1-34-22-10-19-16(25(29-13-28-19)30-18-4-2-3-17(26)24(18)27)9-23(22)35-15-7-5-14(6-8-15)31-11-20(32)21(33)12-31/h2-4,9-10,13-15,20-21,32-33H,5-8,11-12H2,1H3,(H,28,29,30)/t14-,15-,20-,21+. The Hall–Kier alpha value is -2.72. The molecule has 1 aliphatic carbocycles. The van der Waals surface area contributed by atoms with Gasteiger partial charge in [-0.2, -0.15) is 0 Å². The Labute approximate surface area is 207 Å². The molecule has 5 rings (SSSR count). The van der Waals surface area contributed by atoms with Crippen LogP contribution in [-0.2, 0) is 0 Å². The number of benzene rings is 2. The maximum absolute atomic E-state index is 14.5. The van der Waals surface area contributed by atoms with Crippen LogP contribution in [0.2, 0.25) is 5.02 Å². The van der Waals surface area contributed by atoms with Crippen LogP contribution in [0.15, 0.2) is 36.7 Å². The zero-order valence-corrected chi connectivity index (χ0v) is 20.1. The first kappa shape index (κ1) is 24.0. The van der Waals surface area contributed by atoms with Crippen LogP contribution in [0.3, 0.4) is 0 Å². The van der Waals surface area contributed by atoms with Crippen LogP contribution in [-0.4, -0.2) is 69.6 Å². The number of likely N-dealkylation sites (tertiary alicyclic amines) is 1. The molecule has 0 unspecified atom stereocenters. The Morgan fingerprint density at radius 3 is 2.51 bits per heavy atom. The SMILES string of the molecule is COc1cc2ncnc(Nc3cccc(Cl)c3F)c2cc1O[C@H]1CC[C@H](N2C[C@@H](O)[C@@H](O)C2)CC1. The van der Waals surface area contributed by atoms with Gasteiger partial charge in [-0.15, -0.1) is 0 Å². The van der Waals surface area contributed by atoms with Crippen LogP contribution in [0.25, 0.3) is 10.9 Å². The van der Waals surface area contributed by atoms with Gasteiger partial charge in [0, 0.05) is 30.6 Å². The second kappa shape index (κ2) is 10.1. The molecule has 2 atom stereocenters. The summed E-state index contributed by atoms with van der Waals surface area (Å²) in [7, 11) is 1.58. The molecule has 1 saturated heterocycles. The number of fused-ring (bicyclic) bond motifs is 1. The summed E-state index contributed by atoms with van der Waals surface area (Å²) in [5, 5.41) is 23.4. The first-order valence-corrected chi connectivity index (χ1v) is 12.1. The summed E-state index contributed by atoms with van der Waals surface area (Å²) in [6, 6.07) is 8.67. The van der Waals surface area contributed by atoms with Crippen LogP contribution in [0.4, 0.5) is 15.9 Å². The number of aliphatic hydroxyl groups is 2. The number of halogens is 2. The van der Waals surface area contributed by atoms with Gasteiger partial charge in [0.15, 0.2) is 17.3 Å². The van der Waals surface area contributed by atoms with Crippen LogP contribution < -0.4 is 14.8 Å². The lowest BCUT2D eigenvalue weighted by molar-refractivity contribution is 0.0572. The van der Waals surface area contributed by atoms with E-state index in [1.165, 1.54) is 12.4 Å². The summed E-state index contributed by atoms with van der Waals surface area (Å²) in [6.45, 7) is 1.03. The average Bonchev–Trinajstić information content (AvgIpc) is 3.20. The van der Waals surface area contributed by atoms with E-state index in [0.717, 1.165) is 25.7 Å². The molecule has 0 bridgehead atoms. The molecule has 1 aromatic heterocycles. The van der Waals surface area contributed by atoms with Gasteiger partial charge in [0.25, 0.3) is 0 Å². The molecule has 186 valence electrons. The van der Waals surface area contributed by atoms with Crippen molar-refractivity contribution in [2.75, 3.05) is 25.5 Å². The Morgan fingerprint density at radius 2 is 1.80 bits per heavy atom. The fraction of sp³-hybridized carbons (Fsp3) is 0.440. The first-order valence-electron chi connectivity index (χ1n) is 11.7. The summed E-state index contributed by atoms with van der Waals surface area (Å²) in [6.07, 6.45) is 3.60. The number of nitrogens with zero attached hydrogens (tertiary/aromatic N) is 3. The molecule has 2 heterocycles. The highest BCUT2D eigenvalue weighted by Gasteiger charge is 2.36. The second-order valence-corrected chi connectivity index (χ2v) is 9.51. The van der Waals surface area contributed by atoms with Crippen molar-refractivity contribution in [2.45, 2.75) is 50.0 Å². The predicted molar refractivity (Wildman–Crippen MR) is 131 cm³/mol. The number of nitrogens with one attached hydrogen (secondary N) is 1. The normalized spacial score (nSPS) is 25.1. The van der Waals surface area contributed by atoms with E-state index in [9.17, 15) is 14.6 Å². The van der Waals surface area contributed by atoms with E-state index in [0.29, 0.717) is 47.4 Å². The van der Waals surface area contributed by atoms with Crippen molar-refractivity contribution in [1.29, 1.82) is 0 Å². The number of aliphatic hydroxyl groups excluding tert-OH is 2. The minimum absolute atomic E-state index is 0.00136. The van der Waals surface area contributed by atoms with E-state index in [2.05, 4.69) is 20.2 Å². The van der Waals surface area contributed by atoms with Crippen molar-refractivity contribution in [1.82, 2.24) is 14.9 Å².